The molecule has 0 radical (unpaired) electrons. The second kappa shape index (κ2) is 16.1. The Labute approximate surface area is 244 Å². The van der Waals surface area contributed by atoms with Crippen LogP contribution < -0.4 is 22.1 Å². The average molecular weight is 589 g/mol. The van der Waals surface area contributed by atoms with E-state index in [2.05, 4.69) is 10.6 Å². The zero-order chi connectivity index (χ0) is 30.6. The van der Waals surface area contributed by atoms with E-state index < -0.39 is 41.4 Å². The van der Waals surface area contributed by atoms with Crippen LogP contribution in [0.3, 0.4) is 0 Å². The largest absolute Gasteiger partial charge is 0.448 e. The third-order valence-electron chi connectivity index (χ3n) is 7.26. The predicted octanol–water partition coefficient (Wildman–Crippen LogP) is 4.86. The fraction of sp³-hybridized carbons (Fsp3) is 0.419. The molecule has 11 heteroatoms. The standard InChI is InChI=1S/C31H39F3N4O4/c1-3-5-21(32)11-8-19(2)28(20-9-12-22(33)13-10-20)29(35)30(39)38-27-7-4-6-26(34)25(27)15-14-24-16-37-23(17-41-24)18-42-31(36)40/h3-7,9-13,19,23-24,28-29,37H,8,14-18,35H2,1-2H3,(H2,36,40)(H,38,39)/b5-3-,21-11+/t19-,23+,24-,28-,29+/m1/s1. The normalized spacial score (nSPS) is 19.7. The van der Waals surface area contributed by atoms with Gasteiger partial charge < -0.3 is 31.6 Å². The summed E-state index contributed by atoms with van der Waals surface area (Å²) < 4.78 is 53.3. The van der Waals surface area contributed by atoms with Crippen LogP contribution in [0.5, 0.6) is 0 Å². The summed E-state index contributed by atoms with van der Waals surface area (Å²) in [6.45, 7) is 4.40. The third kappa shape index (κ3) is 9.71. The number of ether oxygens (including phenoxy) is 2. The van der Waals surface area contributed by atoms with Gasteiger partial charge in [0.2, 0.25) is 5.91 Å². The van der Waals surface area contributed by atoms with Crippen LogP contribution in [0.4, 0.5) is 23.7 Å². The first kappa shape index (κ1) is 32.8. The highest BCUT2D eigenvalue weighted by Crippen LogP contribution is 2.32. The van der Waals surface area contributed by atoms with Crippen molar-refractivity contribution in [3.63, 3.8) is 0 Å². The smallest absolute Gasteiger partial charge is 0.404 e. The number of anilines is 1. The van der Waals surface area contributed by atoms with Gasteiger partial charge >= 0.3 is 6.09 Å². The zero-order valence-electron chi connectivity index (χ0n) is 23.8. The number of carbonyl (C=O) groups is 2. The highest BCUT2D eigenvalue weighted by atomic mass is 19.1. The van der Waals surface area contributed by atoms with Gasteiger partial charge in [0.05, 0.1) is 24.8 Å². The topological polar surface area (TPSA) is 129 Å². The SMILES string of the molecule is C/C=C\C(F)=C/C[C@@H](C)[C@H](c1ccc(F)cc1)[C@H](N)C(=O)Nc1cccc(F)c1CC[C@@H]1CN[C@H](COC(N)=O)CO1. The summed E-state index contributed by atoms with van der Waals surface area (Å²) in [4.78, 5) is 24.2. The molecule has 1 aliphatic rings. The Morgan fingerprint density at radius 3 is 2.60 bits per heavy atom. The van der Waals surface area contributed by atoms with Crippen molar-refractivity contribution in [2.45, 2.75) is 57.2 Å². The molecular weight excluding hydrogens is 549 g/mol. The second-order valence-corrected chi connectivity index (χ2v) is 10.4. The Morgan fingerprint density at radius 1 is 1.21 bits per heavy atom. The molecule has 1 aliphatic heterocycles. The summed E-state index contributed by atoms with van der Waals surface area (Å²) in [5.41, 5.74) is 12.7. The van der Waals surface area contributed by atoms with Gasteiger partial charge in [-0.05, 0) is 74.1 Å². The Balaban J connectivity index is 1.70. The number of nitrogens with two attached hydrogens (primary N) is 2. The highest BCUT2D eigenvalue weighted by molar-refractivity contribution is 5.96. The molecular formula is C31H39F3N4O4. The number of amides is 2. The quantitative estimate of drug-likeness (QED) is 0.248. The first-order chi connectivity index (χ1) is 20.1. The monoisotopic (exact) mass is 588 g/mol. The molecule has 0 spiro atoms. The van der Waals surface area contributed by atoms with E-state index in [9.17, 15) is 22.8 Å². The molecule has 0 aromatic heterocycles. The number of morpholine rings is 1. The minimum atomic E-state index is -1.09. The molecule has 42 heavy (non-hydrogen) atoms. The lowest BCUT2D eigenvalue weighted by molar-refractivity contribution is -0.118. The number of primary amides is 1. The van der Waals surface area contributed by atoms with Crippen LogP contribution in [0.1, 0.15) is 43.7 Å². The molecule has 3 rings (SSSR count). The average Bonchev–Trinajstić information content (AvgIpc) is 2.96. The van der Waals surface area contributed by atoms with Crippen molar-refractivity contribution < 1.29 is 32.2 Å². The van der Waals surface area contributed by atoms with Crippen molar-refractivity contribution in [2.24, 2.45) is 17.4 Å². The minimum Gasteiger partial charge on any atom is -0.448 e. The molecule has 2 aromatic carbocycles. The maximum Gasteiger partial charge on any atom is 0.404 e. The molecule has 2 amide bonds. The molecule has 1 fully saturated rings. The Kier molecular flexibility index (Phi) is 12.6. The molecule has 2 aromatic rings. The number of halogens is 3. The molecule has 1 saturated heterocycles. The van der Waals surface area contributed by atoms with Crippen molar-refractivity contribution in [2.75, 3.05) is 25.1 Å². The summed E-state index contributed by atoms with van der Waals surface area (Å²) in [6, 6.07) is 8.83. The van der Waals surface area contributed by atoms with E-state index in [0.717, 1.165) is 0 Å². The van der Waals surface area contributed by atoms with Crippen LogP contribution in [0.25, 0.3) is 0 Å². The number of nitrogens with one attached hydrogen (secondary N) is 2. The van der Waals surface area contributed by atoms with E-state index in [0.29, 0.717) is 30.7 Å². The van der Waals surface area contributed by atoms with Crippen molar-refractivity contribution in [3.8, 4) is 0 Å². The molecule has 0 unspecified atom stereocenters. The Bertz CT molecular complexity index is 1250. The van der Waals surface area contributed by atoms with Gasteiger partial charge in [0.15, 0.2) is 0 Å². The van der Waals surface area contributed by atoms with E-state index in [1.807, 2.05) is 6.92 Å². The van der Waals surface area contributed by atoms with Gasteiger partial charge in [-0.15, -0.1) is 0 Å². The predicted molar refractivity (Wildman–Crippen MR) is 155 cm³/mol. The molecule has 6 N–H and O–H groups in total. The number of allylic oxidation sites excluding steroid dienone is 4. The van der Waals surface area contributed by atoms with Crippen LogP contribution in [0.2, 0.25) is 0 Å². The number of carbonyl (C=O) groups excluding carboxylic acids is 2. The van der Waals surface area contributed by atoms with Gasteiger partial charge in [0, 0.05) is 23.7 Å². The van der Waals surface area contributed by atoms with Crippen LogP contribution in [-0.4, -0.2) is 49.9 Å². The van der Waals surface area contributed by atoms with Crippen LogP contribution in [0.15, 0.2) is 66.5 Å². The summed E-state index contributed by atoms with van der Waals surface area (Å²) >= 11 is 0. The van der Waals surface area contributed by atoms with Crippen molar-refractivity contribution in [1.82, 2.24) is 5.32 Å². The van der Waals surface area contributed by atoms with E-state index in [1.165, 1.54) is 36.4 Å². The Morgan fingerprint density at radius 2 is 1.95 bits per heavy atom. The molecule has 5 atom stereocenters. The molecule has 1 heterocycles. The van der Waals surface area contributed by atoms with Crippen molar-refractivity contribution >= 4 is 17.7 Å². The number of benzene rings is 2. The van der Waals surface area contributed by atoms with Gasteiger partial charge in [-0.3, -0.25) is 4.79 Å². The Hall–Kier alpha value is -3.67. The molecule has 0 bridgehead atoms. The number of hydrogen-bond donors (Lipinski definition) is 4. The van der Waals surface area contributed by atoms with Crippen molar-refractivity contribution in [3.05, 3.63) is 89.3 Å². The van der Waals surface area contributed by atoms with Gasteiger partial charge in [-0.25, -0.2) is 18.0 Å². The summed E-state index contributed by atoms with van der Waals surface area (Å²) in [5.74, 6) is -2.73. The van der Waals surface area contributed by atoms with Gasteiger partial charge in [-0.2, -0.15) is 0 Å². The third-order valence-corrected chi connectivity index (χ3v) is 7.26. The zero-order valence-corrected chi connectivity index (χ0v) is 23.8. The first-order valence-corrected chi connectivity index (χ1v) is 13.9. The van der Waals surface area contributed by atoms with Crippen LogP contribution >= 0.6 is 0 Å². The lowest BCUT2D eigenvalue weighted by Gasteiger charge is -2.30. The van der Waals surface area contributed by atoms with Gasteiger partial charge in [0.1, 0.15) is 24.1 Å². The van der Waals surface area contributed by atoms with E-state index in [4.69, 9.17) is 20.9 Å². The molecule has 0 saturated carbocycles. The maximum atomic E-state index is 14.9. The highest BCUT2D eigenvalue weighted by Gasteiger charge is 2.31. The maximum absolute atomic E-state index is 14.9. The van der Waals surface area contributed by atoms with Crippen LogP contribution in [0, 0.1) is 17.6 Å². The number of rotatable bonds is 13. The molecule has 0 aliphatic carbocycles. The summed E-state index contributed by atoms with van der Waals surface area (Å²) in [5, 5.41) is 5.99. The lowest BCUT2D eigenvalue weighted by Crippen LogP contribution is -2.49. The van der Waals surface area contributed by atoms with Crippen LogP contribution in [-0.2, 0) is 20.7 Å². The fourth-order valence-electron chi connectivity index (χ4n) is 5.00. The molecule has 228 valence electrons. The van der Waals surface area contributed by atoms with E-state index in [-0.39, 0.29) is 43.2 Å². The van der Waals surface area contributed by atoms with E-state index in [1.54, 1.807) is 31.2 Å². The fourth-order valence-corrected chi connectivity index (χ4v) is 5.00. The summed E-state index contributed by atoms with van der Waals surface area (Å²) in [6.07, 6.45) is 4.29. The van der Waals surface area contributed by atoms with Gasteiger partial charge in [-0.1, -0.05) is 31.2 Å². The van der Waals surface area contributed by atoms with Crippen molar-refractivity contribution in [1.29, 1.82) is 0 Å². The minimum absolute atomic E-state index is 0.0876. The number of hydrogen-bond acceptors (Lipinski definition) is 6. The molecule has 8 nitrogen and oxygen atoms in total. The summed E-state index contributed by atoms with van der Waals surface area (Å²) in [7, 11) is 0. The first-order valence-electron chi connectivity index (χ1n) is 13.9. The second-order valence-electron chi connectivity index (χ2n) is 10.4. The lowest BCUT2D eigenvalue weighted by atomic mass is 9.79. The van der Waals surface area contributed by atoms with Gasteiger partial charge in [0.25, 0.3) is 0 Å². The van der Waals surface area contributed by atoms with E-state index >= 15 is 0 Å².